The molecule has 1 amide bonds. The van der Waals surface area contributed by atoms with Crippen molar-refractivity contribution in [2.75, 3.05) is 13.2 Å². The summed E-state index contributed by atoms with van der Waals surface area (Å²) in [4.78, 5) is 20.8. The lowest BCUT2D eigenvalue weighted by Gasteiger charge is -2.07. The van der Waals surface area contributed by atoms with Crippen molar-refractivity contribution in [2.24, 2.45) is 0 Å². The lowest BCUT2D eigenvalue weighted by Crippen LogP contribution is -2.33. The molecule has 0 saturated heterocycles. The van der Waals surface area contributed by atoms with Gasteiger partial charge in [-0.1, -0.05) is 11.6 Å². The van der Waals surface area contributed by atoms with E-state index in [1.54, 1.807) is 18.2 Å². The Bertz CT molecular complexity index is 433. The number of amides is 1. The van der Waals surface area contributed by atoms with Crippen LogP contribution in [0.4, 0.5) is 0 Å². The van der Waals surface area contributed by atoms with Gasteiger partial charge in [0.1, 0.15) is 12.4 Å². The maximum atomic E-state index is 10.7. The lowest BCUT2D eigenvalue weighted by atomic mass is 10.2. The molecule has 0 atom stereocenters. The average molecular weight is 258 g/mol. The van der Waals surface area contributed by atoms with Gasteiger partial charge in [0, 0.05) is 5.02 Å². The Balaban J connectivity index is 2.34. The molecule has 0 fully saturated rings. The number of ether oxygens (including phenoxy) is 1. The SMILES string of the molecule is Cc1cc(OCCNC(=O)C(=O)O)ccc1Cl. The summed E-state index contributed by atoms with van der Waals surface area (Å²) in [6.45, 7) is 2.17. The summed E-state index contributed by atoms with van der Waals surface area (Å²) in [5.41, 5.74) is 0.888. The topological polar surface area (TPSA) is 75.6 Å². The third kappa shape index (κ3) is 4.32. The predicted octanol–water partition coefficient (Wildman–Crippen LogP) is 1.23. The largest absolute Gasteiger partial charge is 0.492 e. The maximum Gasteiger partial charge on any atom is 0.394 e. The van der Waals surface area contributed by atoms with Gasteiger partial charge >= 0.3 is 11.9 Å². The third-order valence-electron chi connectivity index (χ3n) is 1.98. The highest BCUT2D eigenvalue weighted by atomic mass is 35.5. The van der Waals surface area contributed by atoms with E-state index in [2.05, 4.69) is 5.32 Å². The number of benzene rings is 1. The summed E-state index contributed by atoms with van der Waals surface area (Å²) in [6.07, 6.45) is 0. The molecule has 0 aliphatic heterocycles. The first-order valence-electron chi connectivity index (χ1n) is 4.91. The first-order chi connectivity index (χ1) is 8.00. The number of aliphatic carboxylic acids is 1. The molecule has 0 aliphatic carbocycles. The van der Waals surface area contributed by atoms with Gasteiger partial charge in [-0.05, 0) is 30.7 Å². The molecular weight excluding hydrogens is 246 g/mol. The summed E-state index contributed by atoms with van der Waals surface area (Å²) in [5.74, 6) is -1.93. The number of aryl methyl sites for hydroxylation is 1. The molecule has 17 heavy (non-hydrogen) atoms. The van der Waals surface area contributed by atoms with Crippen molar-refractivity contribution in [3.8, 4) is 5.75 Å². The zero-order chi connectivity index (χ0) is 12.8. The zero-order valence-corrected chi connectivity index (χ0v) is 9.95. The Kier molecular flexibility index (Phi) is 4.78. The molecular formula is C11H12ClNO4. The Morgan fingerprint density at radius 3 is 2.76 bits per heavy atom. The molecule has 0 spiro atoms. The second-order valence-corrected chi connectivity index (χ2v) is 3.73. The first kappa shape index (κ1) is 13.3. The minimum absolute atomic E-state index is 0.132. The number of carbonyl (C=O) groups is 2. The van der Waals surface area contributed by atoms with Crippen molar-refractivity contribution >= 4 is 23.5 Å². The summed E-state index contributed by atoms with van der Waals surface area (Å²) < 4.78 is 5.31. The fraction of sp³-hybridized carbons (Fsp3) is 0.273. The van der Waals surface area contributed by atoms with Gasteiger partial charge in [-0.3, -0.25) is 4.79 Å². The molecule has 0 unspecified atom stereocenters. The number of hydrogen-bond donors (Lipinski definition) is 2. The molecule has 0 aliphatic rings. The number of hydrogen-bond acceptors (Lipinski definition) is 3. The van der Waals surface area contributed by atoms with Crippen LogP contribution < -0.4 is 10.1 Å². The maximum absolute atomic E-state index is 10.7. The van der Waals surface area contributed by atoms with Crippen molar-refractivity contribution in [3.63, 3.8) is 0 Å². The molecule has 1 aromatic carbocycles. The monoisotopic (exact) mass is 257 g/mol. The molecule has 1 rings (SSSR count). The van der Waals surface area contributed by atoms with Gasteiger partial charge in [0.2, 0.25) is 0 Å². The van der Waals surface area contributed by atoms with E-state index < -0.39 is 11.9 Å². The average Bonchev–Trinajstić information content (AvgIpc) is 2.28. The van der Waals surface area contributed by atoms with E-state index in [0.29, 0.717) is 10.8 Å². The number of carboxylic acid groups (broad SMARTS) is 1. The van der Waals surface area contributed by atoms with Crippen LogP contribution in [0.25, 0.3) is 0 Å². The highest BCUT2D eigenvalue weighted by molar-refractivity contribution is 6.31. The zero-order valence-electron chi connectivity index (χ0n) is 9.20. The van der Waals surface area contributed by atoms with Crippen LogP contribution >= 0.6 is 11.6 Å². The van der Waals surface area contributed by atoms with Crippen LogP contribution in [-0.2, 0) is 9.59 Å². The molecule has 2 N–H and O–H groups in total. The second kappa shape index (κ2) is 6.10. The van der Waals surface area contributed by atoms with E-state index in [-0.39, 0.29) is 13.2 Å². The molecule has 0 aromatic heterocycles. The van der Waals surface area contributed by atoms with Crippen molar-refractivity contribution in [3.05, 3.63) is 28.8 Å². The minimum atomic E-state index is -1.51. The number of nitrogens with one attached hydrogen (secondary N) is 1. The van der Waals surface area contributed by atoms with Crippen molar-refractivity contribution in [1.82, 2.24) is 5.32 Å². The summed E-state index contributed by atoms with van der Waals surface area (Å²) in [5, 5.41) is 11.1. The van der Waals surface area contributed by atoms with Crippen LogP contribution in [0.15, 0.2) is 18.2 Å². The predicted molar refractivity (Wildman–Crippen MR) is 62.3 cm³/mol. The molecule has 6 heteroatoms. The molecule has 92 valence electrons. The van der Waals surface area contributed by atoms with E-state index in [9.17, 15) is 9.59 Å². The minimum Gasteiger partial charge on any atom is -0.492 e. The standard InChI is InChI=1S/C11H12ClNO4/c1-7-6-8(2-3-9(7)12)17-5-4-13-10(14)11(15)16/h2-3,6H,4-5H2,1H3,(H,13,14)(H,15,16). The highest BCUT2D eigenvalue weighted by Gasteiger charge is 2.09. The van der Waals surface area contributed by atoms with E-state index >= 15 is 0 Å². The van der Waals surface area contributed by atoms with Crippen LogP contribution in [0.2, 0.25) is 5.02 Å². The van der Waals surface area contributed by atoms with Crippen LogP contribution in [-0.4, -0.2) is 30.1 Å². The molecule has 1 aromatic rings. The van der Waals surface area contributed by atoms with E-state index in [0.717, 1.165) is 5.56 Å². The molecule has 0 bridgehead atoms. The Morgan fingerprint density at radius 2 is 2.18 bits per heavy atom. The van der Waals surface area contributed by atoms with Crippen molar-refractivity contribution in [1.29, 1.82) is 0 Å². The van der Waals surface area contributed by atoms with E-state index in [1.165, 1.54) is 0 Å². The van der Waals surface area contributed by atoms with Gasteiger partial charge in [-0.2, -0.15) is 0 Å². The number of carbonyl (C=O) groups excluding carboxylic acids is 1. The van der Waals surface area contributed by atoms with E-state index in [4.69, 9.17) is 21.4 Å². The van der Waals surface area contributed by atoms with Crippen LogP contribution in [0.1, 0.15) is 5.56 Å². The summed E-state index contributed by atoms with van der Waals surface area (Å²) >= 11 is 5.84. The van der Waals surface area contributed by atoms with Gasteiger partial charge in [-0.15, -0.1) is 0 Å². The second-order valence-electron chi connectivity index (χ2n) is 3.32. The number of halogens is 1. The third-order valence-corrected chi connectivity index (χ3v) is 2.40. The Hall–Kier alpha value is -1.75. The quantitative estimate of drug-likeness (QED) is 0.628. The normalized spacial score (nSPS) is 9.76. The van der Waals surface area contributed by atoms with Crippen molar-refractivity contribution < 1.29 is 19.4 Å². The number of carboxylic acids is 1. The van der Waals surface area contributed by atoms with E-state index in [1.807, 2.05) is 6.92 Å². The van der Waals surface area contributed by atoms with Gasteiger partial charge in [0.25, 0.3) is 0 Å². The summed E-state index contributed by atoms with van der Waals surface area (Å²) in [6, 6.07) is 5.18. The molecule has 0 heterocycles. The van der Waals surface area contributed by atoms with Crippen LogP contribution in [0.3, 0.4) is 0 Å². The van der Waals surface area contributed by atoms with Gasteiger partial charge < -0.3 is 15.2 Å². The van der Waals surface area contributed by atoms with Crippen LogP contribution in [0, 0.1) is 6.92 Å². The highest BCUT2D eigenvalue weighted by Crippen LogP contribution is 2.20. The molecule has 0 saturated carbocycles. The van der Waals surface area contributed by atoms with Crippen molar-refractivity contribution in [2.45, 2.75) is 6.92 Å². The lowest BCUT2D eigenvalue weighted by molar-refractivity contribution is -0.150. The van der Waals surface area contributed by atoms with Gasteiger partial charge in [0.05, 0.1) is 6.54 Å². The molecule has 5 nitrogen and oxygen atoms in total. The first-order valence-corrected chi connectivity index (χ1v) is 5.28. The fourth-order valence-corrected chi connectivity index (χ4v) is 1.23. The smallest absolute Gasteiger partial charge is 0.394 e. The number of rotatable bonds is 4. The van der Waals surface area contributed by atoms with Crippen LogP contribution in [0.5, 0.6) is 5.75 Å². The fourth-order valence-electron chi connectivity index (χ4n) is 1.12. The Morgan fingerprint density at radius 1 is 1.47 bits per heavy atom. The summed E-state index contributed by atoms with van der Waals surface area (Å²) in [7, 11) is 0. The van der Waals surface area contributed by atoms with Gasteiger partial charge in [0.15, 0.2) is 0 Å². The van der Waals surface area contributed by atoms with Gasteiger partial charge in [-0.25, -0.2) is 4.79 Å². The Labute approximate surface area is 103 Å². The molecule has 0 radical (unpaired) electrons.